The first-order valence-corrected chi connectivity index (χ1v) is 7.26. The molecule has 0 amide bonds. The Morgan fingerprint density at radius 1 is 1.24 bits per heavy atom. The van der Waals surface area contributed by atoms with Crippen molar-refractivity contribution >= 4 is 0 Å². The largest absolute Gasteiger partial charge is 0.496 e. The lowest BCUT2D eigenvalue weighted by Crippen LogP contribution is -2.15. The number of nitrogens with zero attached hydrogens (tertiary/aromatic N) is 3. The van der Waals surface area contributed by atoms with Gasteiger partial charge in [-0.2, -0.15) is 5.10 Å². The molecule has 4 heteroatoms. The second-order valence-corrected chi connectivity index (χ2v) is 5.76. The highest BCUT2D eigenvalue weighted by molar-refractivity contribution is 5.75. The van der Waals surface area contributed by atoms with Crippen LogP contribution in [0.15, 0.2) is 18.2 Å². The van der Waals surface area contributed by atoms with Crippen LogP contribution in [0.25, 0.3) is 11.1 Å². The van der Waals surface area contributed by atoms with E-state index in [1.807, 2.05) is 18.7 Å². The molecule has 0 bridgehead atoms. The Morgan fingerprint density at radius 2 is 1.95 bits per heavy atom. The van der Waals surface area contributed by atoms with E-state index in [1.54, 1.807) is 7.11 Å². The minimum Gasteiger partial charge on any atom is -0.496 e. The molecule has 0 aliphatic rings. The van der Waals surface area contributed by atoms with Gasteiger partial charge in [0.1, 0.15) is 5.75 Å². The lowest BCUT2D eigenvalue weighted by Gasteiger charge is -2.13. The smallest absolute Gasteiger partial charge is 0.126 e. The van der Waals surface area contributed by atoms with Gasteiger partial charge < -0.3 is 9.64 Å². The third kappa shape index (κ3) is 3.27. The molecule has 0 spiro atoms. The van der Waals surface area contributed by atoms with Crippen LogP contribution in [-0.2, 0) is 13.5 Å². The molecule has 0 aliphatic carbocycles. The minimum absolute atomic E-state index is 0.905. The maximum absolute atomic E-state index is 5.55. The maximum atomic E-state index is 5.55. The molecule has 0 atom stereocenters. The number of aromatic nitrogens is 2. The highest BCUT2D eigenvalue weighted by atomic mass is 16.5. The zero-order valence-electron chi connectivity index (χ0n) is 13.9. The van der Waals surface area contributed by atoms with Gasteiger partial charge in [0, 0.05) is 30.4 Å². The molecule has 1 heterocycles. The summed E-state index contributed by atoms with van der Waals surface area (Å²) in [6, 6.07) is 6.44. The van der Waals surface area contributed by atoms with Crippen molar-refractivity contribution in [3.8, 4) is 16.9 Å². The average Bonchev–Trinajstić information content (AvgIpc) is 2.69. The number of hydrogen-bond donors (Lipinski definition) is 0. The Labute approximate surface area is 127 Å². The summed E-state index contributed by atoms with van der Waals surface area (Å²) in [6.07, 6.45) is 1.03. The summed E-state index contributed by atoms with van der Waals surface area (Å²) in [5, 5.41) is 4.52. The summed E-state index contributed by atoms with van der Waals surface area (Å²) in [5.74, 6) is 0.905. The Kier molecular flexibility index (Phi) is 4.68. The standard InChI is InChI=1S/C17H25N3O/c1-12-17(13(2)20(5)18-12)15-11-14(9-10-19(3)4)7-8-16(15)21-6/h7-8,11H,9-10H2,1-6H3. The number of methoxy groups -OCH3 is 1. The summed E-state index contributed by atoms with van der Waals surface area (Å²) in [4.78, 5) is 2.20. The number of rotatable bonds is 5. The van der Waals surface area contributed by atoms with Crippen LogP contribution in [0.5, 0.6) is 5.75 Å². The maximum Gasteiger partial charge on any atom is 0.126 e. The molecule has 0 saturated heterocycles. The van der Waals surface area contributed by atoms with Crippen LogP contribution in [0.2, 0.25) is 0 Å². The van der Waals surface area contributed by atoms with E-state index in [4.69, 9.17) is 4.74 Å². The van der Waals surface area contributed by atoms with Crippen molar-refractivity contribution < 1.29 is 4.74 Å². The van der Waals surface area contributed by atoms with Gasteiger partial charge in [0.15, 0.2) is 0 Å². The zero-order valence-corrected chi connectivity index (χ0v) is 13.9. The molecule has 21 heavy (non-hydrogen) atoms. The van der Waals surface area contributed by atoms with Crippen LogP contribution in [-0.4, -0.2) is 42.4 Å². The first-order chi connectivity index (χ1) is 9.93. The average molecular weight is 287 g/mol. The summed E-state index contributed by atoms with van der Waals surface area (Å²) < 4.78 is 7.48. The molecule has 0 unspecified atom stereocenters. The molecule has 114 valence electrons. The van der Waals surface area contributed by atoms with E-state index in [2.05, 4.69) is 49.2 Å². The summed E-state index contributed by atoms with van der Waals surface area (Å²) in [5.41, 5.74) is 5.84. The van der Waals surface area contributed by atoms with Gasteiger partial charge in [-0.1, -0.05) is 6.07 Å². The molecule has 2 aromatic rings. The number of hydrogen-bond acceptors (Lipinski definition) is 3. The van der Waals surface area contributed by atoms with E-state index < -0.39 is 0 Å². The van der Waals surface area contributed by atoms with Crippen LogP contribution in [0.4, 0.5) is 0 Å². The van der Waals surface area contributed by atoms with Gasteiger partial charge in [0.05, 0.1) is 12.8 Å². The van der Waals surface area contributed by atoms with Crippen LogP contribution < -0.4 is 4.74 Å². The number of ether oxygens (including phenoxy) is 1. The highest BCUT2D eigenvalue weighted by Gasteiger charge is 2.16. The number of benzene rings is 1. The second-order valence-electron chi connectivity index (χ2n) is 5.76. The summed E-state index contributed by atoms with van der Waals surface area (Å²) in [7, 11) is 7.90. The monoisotopic (exact) mass is 287 g/mol. The molecule has 0 aliphatic heterocycles. The van der Waals surface area contributed by atoms with Gasteiger partial charge in [-0.15, -0.1) is 0 Å². The van der Waals surface area contributed by atoms with E-state index in [1.165, 1.54) is 11.1 Å². The van der Waals surface area contributed by atoms with Gasteiger partial charge >= 0.3 is 0 Å². The minimum atomic E-state index is 0.905. The quantitative estimate of drug-likeness (QED) is 0.847. The van der Waals surface area contributed by atoms with Crippen LogP contribution >= 0.6 is 0 Å². The van der Waals surface area contributed by atoms with Crippen LogP contribution in [0.3, 0.4) is 0 Å². The molecular formula is C17H25N3O. The highest BCUT2D eigenvalue weighted by Crippen LogP contribution is 2.35. The molecular weight excluding hydrogens is 262 g/mol. The summed E-state index contributed by atoms with van der Waals surface area (Å²) in [6.45, 7) is 5.19. The van der Waals surface area contributed by atoms with E-state index in [-0.39, 0.29) is 0 Å². The van der Waals surface area contributed by atoms with Crippen molar-refractivity contribution in [2.75, 3.05) is 27.7 Å². The van der Waals surface area contributed by atoms with E-state index in [0.29, 0.717) is 0 Å². The van der Waals surface area contributed by atoms with Crippen molar-refractivity contribution in [1.29, 1.82) is 0 Å². The predicted octanol–water partition coefficient (Wildman–Crippen LogP) is 2.82. The molecule has 0 saturated carbocycles. The molecule has 1 aromatic carbocycles. The third-order valence-corrected chi connectivity index (χ3v) is 3.89. The Hall–Kier alpha value is -1.81. The predicted molar refractivity (Wildman–Crippen MR) is 86.9 cm³/mol. The first-order valence-electron chi connectivity index (χ1n) is 7.26. The lowest BCUT2D eigenvalue weighted by molar-refractivity contribution is 0.411. The van der Waals surface area contributed by atoms with Gasteiger partial charge in [-0.25, -0.2) is 0 Å². The van der Waals surface area contributed by atoms with Crippen LogP contribution in [0.1, 0.15) is 17.0 Å². The zero-order chi connectivity index (χ0) is 15.6. The molecule has 0 N–H and O–H groups in total. The van der Waals surface area contributed by atoms with E-state index in [0.717, 1.165) is 35.7 Å². The van der Waals surface area contributed by atoms with Gasteiger partial charge in [-0.05, 0) is 52.1 Å². The van der Waals surface area contributed by atoms with Crippen molar-refractivity contribution in [1.82, 2.24) is 14.7 Å². The Balaban J connectivity index is 2.47. The fourth-order valence-electron chi connectivity index (χ4n) is 2.62. The SMILES string of the molecule is COc1ccc(CCN(C)C)cc1-c1c(C)nn(C)c1C. The van der Waals surface area contributed by atoms with Crippen molar-refractivity contribution in [2.45, 2.75) is 20.3 Å². The molecule has 0 fully saturated rings. The Morgan fingerprint density at radius 3 is 2.48 bits per heavy atom. The molecule has 4 nitrogen and oxygen atoms in total. The fraction of sp³-hybridized carbons (Fsp3) is 0.471. The number of likely N-dealkylation sites (N-methyl/N-ethyl adjacent to an activating group) is 1. The molecule has 0 radical (unpaired) electrons. The lowest BCUT2D eigenvalue weighted by atomic mass is 9.99. The summed E-state index contributed by atoms with van der Waals surface area (Å²) >= 11 is 0. The van der Waals surface area contributed by atoms with Gasteiger partial charge in [-0.3, -0.25) is 4.68 Å². The fourth-order valence-corrected chi connectivity index (χ4v) is 2.62. The Bertz CT molecular complexity index is 629. The normalized spacial score (nSPS) is 11.2. The molecule has 2 rings (SSSR count). The van der Waals surface area contributed by atoms with Crippen molar-refractivity contribution in [2.24, 2.45) is 7.05 Å². The van der Waals surface area contributed by atoms with Gasteiger partial charge in [0.2, 0.25) is 0 Å². The van der Waals surface area contributed by atoms with Crippen molar-refractivity contribution in [3.63, 3.8) is 0 Å². The van der Waals surface area contributed by atoms with Crippen molar-refractivity contribution in [3.05, 3.63) is 35.2 Å². The topological polar surface area (TPSA) is 30.3 Å². The van der Waals surface area contributed by atoms with E-state index in [9.17, 15) is 0 Å². The molecule has 1 aromatic heterocycles. The van der Waals surface area contributed by atoms with Gasteiger partial charge in [0.25, 0.3) is 0 Å². The second kappa shape index (κ2) is 6.31. The first kappa shape index (κ1) is 15.6. The van der Waals surface area contributed by atoms with Crippen LogP contribution in [0, 0.1) is 13.8 Å². The third-order valence-electron chi connectivity index (χ3n) is 3.89. The number of aryl methyl sites for hydroxylation is 2. The van der Waals surface area contributed by atoms with E-state index >= 15 is 0 Å².